The molecule has 0 N–H and O–H groups in total. The Hall–Kier alpha value is -3.40. The van der Waals surface area contributed by atoms with Crippen molar-refractivity contribution in [3.8, 4) is 0 Å². The predicted octanol–water partition coefficient (Wildman–Crippen LogP) is 7.27. The lowest BCUT2D eigenvalue weighted by Crippen LogP contribution is -2.50. The van der Waals surface area contributed by atoms with Crippen LogP contribution >= 0.6 is 0 Å². The number of imide groups is 1. The number of amides is 2. The van der Waals surface area contributed by atoms with Gasteiger partial charge in [0.1, 0.15) is 6.10 Å². The second-order valence-electron chi connectivity index (χ2n) is 11.0. The van der Waals surface area contributed by atoms with E-state index < -0.39 is 11.6 Å². The Labute approximate surface area is 214 Å². The van der Waals surface area contributed by atoms with Crippen LogP contribution in [-0.4, -0.2) is 23.0 Å². The van der Waals surface area contributed by atoms with Crippen molar-refractivity contribution in [3.63, 3.8) is 0 Å². The summed E-state index contributed by atoms with van der Waals surface area (Å²) >= 11 is 0. The summed E-state index contributed by atoms with van der Waals surface area (Å²) in [6.45, 7) is 6.47. The van der Waals surface area contributed by atoms with Gasteiger partial charge < -0.3 is 4.74 Å². The first kappa shape index (κ1) is 24.3. The fraction of sp³-hybridized carbons (Fsp3) is 0.375. The second-order valence-corrected chi connectivity index (χ2v) is 11.0. The van der Waals surface area contributed by atoms with Crippen molar-refractivity contribution in [2.24, 2.45) is 5.92 Å². The zero-order valence-electron chi connectivity index (χ0n) is 21.4. The van der Waals surface area contributed by atoms with Gasteiger partial charge in [-0.2, -0.15) is 0 Å². The average Bonchev–Trinajstić information content (AvgIpc) is 3.11. The van der Waals surface area contributed by atoms with E-state index in [1.54, 1.807) is 0 Å². The summed E-state index contributed by atoms with van der Waals surface area (Å²) in [5.41, 5.74) is 2.81. The highest BCUT2D eigenvalue weighted by Gasteiger charge is 2.51. The van der Waals surface area contributed by atoms with Gasteiger partial charge >= 0.3 is 6.09 Å². The van der Waals surface area contributed by atoms with Gasteiger partial charge in [0, 0.05) is 17.9 Å². The van der Waals surface area contributed by atoms with Crippen molar-refractivity contribution in [3.05, 3.63) is 107 Å². The topological polar surface area (TPSA) is 46.6 Å². The SMILES string of the molecule is CC(C)(c1ccccc1)[C@H]1CCCC[C@@H]1OC(=O)N1C(=O)c2ccccc2[C@@]1(C)Cc1ccccc1. The molecule has 0 bridgehead atoms. The van der Waals surface area contributed by atoms with Crippen LogP contribution in [0.1, 0.15) is 73.5 Å². The highest BCUT2D eigenvalue weighted by molar-refractivity contribution is 6.08. The Morgan fingerprint density at radius 3 is 2.25 bits per heavy atom. The van der Waals surface area contributed by atoms with Crippen LogP contribution in [0.2, 0.25) is 0 Å². The zero-order valence-corrected chi connectivity index (χ0v) is 21.4. The molecule has 0 aromatic heterocycles. The molecule has 1 aliphatic heterocycles. The van der Waals surface area contributed by atoms with Crippen molar-refractivity contribution in [1.29, 1.82) is 0 Å². The van der Waals surface area contributed by atoms with E-state index in [0.29, 0.717) is 12.0 Å². The minimum Gasteiger partial charge on any atom is -0.445 e. The summed E-state index contributed by atoms with van der Waals surface area (Å²) in [4.78, 5) is 28.9. The molecule has 4 nitrogen and oxygen atoms in total. The molecule has 0 saturated heterocycles. The summed E-state index contributed by atoms with van der Waals surface area (Å²) in [6.07, 6.45) is 3.72. The lowest BCUT2D eigenvalue weighted by molar-refractivity contribution is -0.0155. The molecule has 3 aromatic carbocycles. The number of rotatable bonds is 5. The second kappa shape index (κ2) is 9.57. The van der Waals surface area contributed by atoms with Crippen LogP contribution in [0.25, 0.3) is 0 Å². The van der Waals surface area contributed by atoms with Crippen molar-refractivity contribution in [1.82, 2.24) is 4.90 Å². The molecule has 36 heavy (non-hydrogen) atoms. The Morgan fingerprint density at radius 1 is 0.917 bits per heavy atom. The molecular weight excluding hydrogens is 446 g/mol. The Bertz CT molecular complexity index is 1240. The first-order valence-corrected chi connectivity index (χ1v) is 13.1. The monoisotopic (exact) mass is 481 g/mol. The largest absolute Gasteiger partial charge is 0.445 e. The van der Waals surface area contributed by atoms with Crippen LogP contribution in [0.15, 0.2) is 84.9 Å². The van der Waals surface area contributed by atoms with Crippen LogP contribution in [0.5, 0.6) is 0 Å². The molecular formula is C32H35NO3. The maximum absolute atomic E-state index is 13.9. The third-order valence-corrected chi connectivity index (χ3v) is 8.41. The number of fused-ring (bicyclic) bond motifs is 1. The maximum Gasteiger partial charge on any atom is 0.417 e. The third-order valence-electron chi connectivity index (χ3n) is 8.41. The average molecular weight is 482 g/mol. The molecule has 0 unspecified atom stereocenters. The number of ether oxygens (including phenoxy) is 1. The predicted molar refractivity (Wildman–Crippen MR) is 142 cm³/mol. The lowest BCUT2D eigenvalue weighted by atomic mass is 9.66. The van der Waals surface area contributed by atoms with E-state index in [0.717, 1.165) is 36.8 Å². The minimum absolute atomic E-state index is 0.155. The molecule has 2 amide bonds. The highest BCUT2D eigenvalue weighted by atomic mass is 16.6. The fourth-order valence-corrected chi connectivity index (χ4v) is 6.38. The Balaban J connectivity index is 1.45. The fourth-order valence-electron chi connectivity index (χ4n) is 6.38. The number of hydrogen-bond acceptors (Lipinski definition) is 3. The van der Waals surface area contributed by atoms with E-state index in [4.69, 9.17) is 4.74 Å². The standard InChI is InChI=1S/C32H35NO3/c1-31(2,24-16-8-5-9-17-24)27-20-12-13-21-28(27)36-30(35)33-29(34)25-18-10-11-19-26(25)32(33,3)22-23-14-6-4-7-15-23/h4-11,14-19,27-28H,12-13,20-22H2,1-3H3/t27-,28-,32+/m0/s1. The summed E-state index contributed by atoms with van der Waals surface area (Å²) < 4.78 is 6.30. The van der Waals surface area contributed by atoms with E-state index in [2.05, 4.69) is 38.1 Å². The van der Waals surface area contributed by atoms with E-state index in [1.807, 2.05) is 67.6 Å². The Kier molecular flexibility index (Phi) is 6.46. The quantitative estimate of drug-likeness (QED) is 0.385. The number of carbonyl (C=O) groups excluding carboxylic acids is 2. The Morgan fingerprint density at radius 2 is 1.53 bits per heavy atom. The van der Waals surface area contributed by atoms with Gasteiger partial charge in [0.15, 0.2) is 0 Å². The summed E-state index contributed by atoms with van der Waals surface area (Å²) in [6, 6.07) is 28.1. The van der Waals surface area contributed by atoms with Gasteiger partial charge in [0.05, 0.1) is 5.54 Å². The van der Waals surface area contributed by atoms with E-state index >= 15 is 0 Å². The molecule has 3 aromatic rings. The molecule has 0 radical (unpaired) electrons. The van der Waals surface area contributed by atoms with Crippen molar-refractivity contribution in [2.45, 2.75) is 69.9 Å². The molecule has 2 aliphatic rings. The van der Waals surface area contributed by atoms with Gasteiger partial charge in [-0.15, -0.1) is 0 Å². The van der Waals surface area contributed by atoms with Crippen molar-refractivity contribution < 1.29 is 14.3 Å². The summed E-state index contributed by atoms with van der Waals surface area (Å²) in [7, 11) is 0. The van der Waals surface area contributed by atoms with Crippen LogP contribution in [0, 0.1) is 5.92 Å². The molecule has 5 rings (SSSR count). The molecule has 4 heteroatoms. The number of hydrogen-bond donors (Lipinski definition) is 0. The molecule has 186 valence electrons. The van der Waals surface area contributed by atoms with Crippen molar-refractivity contribution >= 4 is 12.0 Å². The van der Waals surface area contributed by atoms with Gasteiger partial charge in [0.25, 0.3) is 5.91 Å². The third kappa shape index (κ3) is 4.23. The minimum atomic E-state index is -0.814. The van der Waals surface area contributed by atoms with E-state index in [1.165, 1.54) is 10.5 Å². The molecule has 3 atom stereocenters. The van der Waals surface area contributed by atoms with Gasteiger partial charge in [-0.05, 0) is 54.4 Å². The molecule has 1 aliphatic carbocycles. The number of benzene rings is 3. The van der Waals surface area contributed by atoms with Crippen LogP contribution < -0.4 is 0 Å². The van der Waals surface area contributed by atoms with E-state index in [-0.39, 0.29) is 23.3 Å². The lowest BCUT2D eigenvalue weighted by Gasteiger charge is -2.43. The highest BCUT2D eigenvalue weighted by Crippen LogP contribution is 2.45. The normalized spacial score (nSPS) is 23.9. The summed E-state index contributed by atoms with van der Waals surface area (Å²) in [5, 5.41) is 0. The first-order valence-electron chi connectivity index (χ1n) is 13.1. The van der Waals surface area contributed by atoms with Crippen molar-refractivity contribution in [2.75, 3.05) is 0 Å². The number of nitrogens with zero attached hydrogens (tertiary/aromatic N) is 1. The van der Waals surface area contributed by atoms with Gasteiger partial charge in [0.2, 0.25) is 0 Å². The van der Waals surface area contributed by atoms with Gasteiger partial charge in [-0.25, -0.2) is 9.69 Å². The maximum atomic E-state index is 13.9. The van der Waals surface area contributed by atoms with Gasteiger partial charge in [-0.3, -0.25) is 4.79 Å². The van der Waals surface area contributed by atoms with Gasteiger partial charge in [-0.1, -0.05) is 99.1 Å². The molecule has 0 spiro atoms. The molecule has 1 fully saturated rings. The van der Waals surface area contributed by atoms with Crippen LogP contribution in [0.4, 0.5) is 4.79 Å². The molecule has 1 saturated carbocycles. The zero-order chi connectivity index (χ0) is 25.3. The first-order chi connectivity index (χ1) is 17.3. The summed E-state index contributed by atoms with van der Waals surface area (Å²) in [5.74, 6) is -0.0956. The number of carbonyl (C=O) groups is 2. The molecule has 1 heterocycles. The van der Waals surface area contributed by atoms with E-state index in [9.17, 15) is 9.59 Å². The van der Waals surface area contributed by atoms with Crippen LogP contribution in [-0.2, 0) is 22.1 Å². The van der Waals surface area contributed by atoms with Crippen LogP contribution in [0.3, 0.4) is 0 Å². The smallest absolute Gasteiger partial charge is 0.417 e.